The lowest BCUT2D eigenvalue weighted by Gasteiger charge is -2.11. The molecule has 0 fully saturated rings. The summed E-state index contributed by atoms with van der Waals surface area (Å²) in [5.74, 6) is 1.01. The number of aryl methyl sites for hydroxylation is 2. The molecule has 0 unspecified atom stereocenters. The van der Waals surface area contributed by atoms with Crippen LogP contribution >= 0.6 is 0 Å². The molecule has 0 spiro atoms. The molecule has 1 N–H and O–H groups in total. The van der Waals surface area contributed by atoms with Gasteiger partial charge in [-0.05, 0) is 55.0 Å². The number of aromatic nitrogens is 3. The van der Waals surface area contributed by atoms with Crippen LogP contribution in [0, 0.1) is 5.82 Å². The van der Waals surface area contributed by atoms with Crippen LogP contribution in [0.2, 0.25) is 0 Å². The summed E-state index contributed by atoms with van der Waals surface area (Å²) < 4.78 is 16.5. The highest BCUT2D eigenvalue weighted by Crippen LogP contribution is 2.26. The summed E-state index contributed by atoms with van der Waals surface area (Å²) in [6.45, 7) is 3.04. The lowest BCUT2D eigenvalue weighted by atomic mass is 10.0. The van der Waals surface area contributed by atoms with Crippen LogP contribution in [0.1, 0.15) is 56.0 Å². The van der Waals surface area contributed by atoms with Crippen molar-refractivity contribution in [2.24, 2.45) is 0 Å². The van der Waals surface area contributed by atoms with E-state index in [1.807, 2.05) is 12.1 Å². The van der Waals surface area contributed by atoms with E-state index in [9.17, 15) is 9.18 Å². The number of amides is 1. The van der Waals surface area contributed by atoms with Crippen LogP contribution in [-0.4, -0.2) is 20.7 Å². The Morgan fingerprint density at radius 3 is 2.68 bits per heavy atom. The minimum atomic E-state index is -0.456. The molecule has 1 aliphatic rings. The van der Waals surface area contributed by atoms with Crippen LogP contribution in [-0.2, 0) is 30.6 Å². The summed E-state index contributed by atoms with van der Waals surface area (Å²) in [6, 6.07) is 12.8. The lowest BCUT2D eigenvalue weighted by Crippen LogP contribution is -2.15. The quantitative estimate of drug-likeness (QED) is 0.562. The zero-order valence-corrected chi connectivity index (χ0v) is 18.0. The molecule has 1 aliphatic heterocycles. The number of unbranched alkanes of at least 4 members (excludes halogenated alkanes) is 1. The number of nitrogens with zero attached hydrogens (tertiary/aromatic N) is 3. The van der Waals surface area contributed by atoms with Crippen molar-refractivity contribution >= 4 is 11.6 Å². The van der Waals surface area contributed by atoms with E-state index in [2.05, 4.69) is 39.1 Å². The number of rotatable bonds is 7. The maximum atomic E-state index is 14.4. The number of hydrogen-bond donors (Lipinski definition) is 1. The number of carbonyl (C=O) groups excluding carboxylic acids is 1. The molecule has 0 saturated carbocycles. The first-order valence-electron chi connectivity index (χ1n) is 11.2. The monoisotopic (exact) mass is 420 g/mol. The van der Waals surface area contributed by atoms with Gasteiger partial charge in [-0.3, -0.25) is 4.79 Å². The van der Waals surface area contributed by atoms with E-state index in [4.69, 9.17) is 0 Å². The molecule has 5 nitrogen and oxygen atoms in total. The van der Waals surface area contributed by atoms with E-state index in [0.717, 1.165) is 67.8 Å². The first-order valence-corrected chi connectivity index (χ1v) is 11.2. The van der Waals surface area contributed by atoms with Gasteiger partial charge in [0, 0.05) is 18.5 Å². The second-order valence-corrected chi connectivity index (χ2v) is 8.24. The Labute approximate surface area is 182 Å². The van der Waals surface area contributed by atoms with Crippen LogP contribution in [0.25, 0.3) is 11.4 Å². The molecule has 2 heterocycles. The molecule has 0 bridgehead atoms. The fourth-order valence-electron chi connectivity index (χ4n) is 4.04. The van der Waals surface area contributed by atoms with Crippen molar-refractivity contribution in [1.82, 2.24) is 14.8 Å². The van der Waals surface area contributed by atoms with Crippen molar-refractivity contribution in [3.8, 4) is 11.4 Å². The van der Waals surface area contributed by atoms with Crippen LogP contribution < -0.4 is 5.32 Å². The zero-order valence-electron chi connectivity index (χ0n) is 18.0. The van der Waals surface area contributed by atoms with Crippen molar-refractivity contribution in [2.75, 3.05) is 5.32 Å². The van der Waals surface area contributed by atoms with Gasteiger partial charge in [-0.15, -0.1) is 10.2 Å². The number of nitrogens with one attached hydrogen (secondary N) is 1. The molecule has 1 amide bonds. The number of fused-ring (bicyclic) bond motifs is 1. The minimum Gasteiger partial charge on any atom is -0.323 e. The maximum absolute atomic E-state index is 14.4. The molecule has 1 aromatic heterocycles. The predicted octanol–water partition coefficient (Wildman–Crippen LogP) is 5.33. The zero-order chi connectivity index (χ0) is 21.6. The Morgan fingerprint density at radius 1 is 1.06 bits per heavy atom. The number of benzene rings is 2. The van der Waals surface area contributed by atoms with E-state index >= 15 is 0 Å². The Bertz CT molecular complexity index is 1040. The second-order valence-electron chi connectivity index (χ2n) is 8.24. The predicted molar refractivity (Wildman–Crippen MR) is 120 cm³/mol. The Morgan fingerprint density at radius 2 is 1.87 bits per heavy atom. The summed E-state index contributed by atoms with van der Waals surface area (Å²) >= 11 is 0. The Balaban J connectivity index is 1.46. The third-order valence-corrected chi connectivity index (χ3v) is 5.81. The fourth-order valence-corrected chi connectivity index (χ4v) is 4.04. The lowest BCUT2D eigenvalue weighted by molar-refractivity contribution is -0.115. The van der Waals surface area contributed by atoms with E-state index in [-0.39, 0.29) is 18.0 Å². The van der Waals surface area contributed by atoms with Gasteiger partial charge < -0.3 is 9.88 Å². The Hall–Kier alpha value is -3.02. The summed E-state index contributed by atoms with van der Waals surface area (Å²) in [5, 5.41) is 11.4. The van der Waals surface area contributed by atoms with E-state index in [0.29, 0.717) is 0 Å². The summed E-state index contributed by atoms with van der Waals surface area (Å²) in [5.41, 5.74) is 3.12. The van der Waals surface area contributed by atoms with Crippen LogP contribution in [0.5, 0.6) is 0 Å². The van der Waals surface area contributed by atoms with Gasteiger partial charge in [-0.1, -0.05) is 44.0 Å². The highest BCUT2D eigenvalue weighted by Gasteiger charge is 2.17. The summed E-state index contributed by atoms with van der Waals surface area (Å²) in [4.78, 5) is 12.6. The first kappa shape index (κ1) is 21.2. The van der Waals surface area contributed by atoms with Gasteiger partial charge in [0.1, 0.15) is 11.6 Å². The van der Waals surface area contributed by atoms with Crippen LogP contribution in [0.15, 0.2) is 42.5 Å². The molecule has 31 heavy (non-hydrogen) atoms. The molecular formula is C25H29FN4O. The number of halogens is 1. The smallest absolute Gasteiger partial charge is 0.228 e. The number of carbonyl (C=O) groups is 1. The third kappa shape index (κ3) is 5.19. The minimum absolute atomic E-state index is 0.174. The average Bonchev–Trinajstić information content (AvgIpc) is 3.03. The van der Waals surface area contributed by atoms with Crippen molar-refractivity contribution in [3.63, 3.8) is 0 Å². The van der Waals surface area contributed by atoms with E-state index < -0.39 is 5.82 Å². The van der Waals surface area contributed by atoms with Crippen molar-refractivity contribution in [2.45, 2.75) is 64.8 Å². The summed E-state index contributed by atoms with van der Waals surface area (Å²) in [7, 11) is 0. The molecule has 6 heteroatoms. The fraction of sp³-hybridized carbons (Fsp3) is 0.400. The van der Waals surface area contributed by atoms with E-state index in [1.54, 1.807) is 12.1 Å². The normalized spacial score (nSPS) is 13.5. The van der Waals surface area contributed by atoms with E-state index in [1.165, 1.54) is 18.1 Å². The van der Waals surface area contributed by atoms with Gasteiger partial charge >= 0.3 is 0 Å². The van der Waals surface area contributed by atoms with Gasteiger partial charge in [0.15, 0.2) is 5.82 Å². The molecule has 0 radical (unpaired) electrons. The molecule has 0 saturated heterocycles. The second kappa shape index (κ2) is 9.86. The average molecular weight is 421 g/mol. The molecule has 2 aromatic carbocycles. The maximum Gasteiger partial charge on any atom is 0.228 e. The summed E-state index contributed by atoms with van der Waals surface area (Å²) in [6.07, 6.45) is 7.85. The highest BCUT2D eigenvalue weighted by atomic mass is 19.1. The SMILES string of the molecule is CCCCc1ccc(CC(=O)Nc2cc(-c3nnc4n3CCCCC4)ccc2F)cc1. The molecule has 0 aliphatic carbocycles. The molecule has 3 aromatic rings. The number of hydrogen-bond acceptors (Lipinski definition) is 3. The molecular weight excluding hydrogens is 391 g/mol. The van der Waals surface area contributed by atoms with Gasteiger partial charge in [-0.2, -0.15) is 0 Å². The van der Waals surface area contributed by atoms with Gasteiger partial charge in [0.25, 0.3) is 0 Å². The molecule has 0 atom stereocenters. The van der Waals surface area contributed by atoms with Crippen LogP contribution in [0.3, 0.4) is 0 Å². The Kier molecular flexibility index (Phi) is 6.75. The number of anilines is 1. The van der Waals surface area contributed by atoms with Crippen molar-refractivity contribution in [1.29, 1.82) is 0 Å². The largest absolute Gasteiger partial charge is 0.323 e. The standard InChI is InChI=1S/C25H29FN4O/c1-2-3-7-18-9-11-19(12-10-18)16-24(31)27-22-17-20(13-14-21(22)26)25-29-28-23-8-5-4-6-15-30(23)25/h9-14,17H,2-8,15-16H2,1H3,(H,27,31). The van der Waals surface area contributed by atoms with Gasteiger partial charge in [-0.25, -0.2) is 4.39 Å². The molecule has 4 rings (SSSR count). The topological polar surface area (TPSA) is 59.8 Å². The van der Waals surface area contributed by atoms with Crippen molar-refractivity contribution < 1.29 is 9.18 Å². The van der Waals surface area contributed by atoms with Crippen molar-refractivity contribution in [3.05, 3.63) is 65.2 Å². The first-order chi connectivity index (χ1) is 15.1. The highest BCUT2D eigenvalue weighted by molar-refractivity contribution is 5.93. The third-order valence-electron chi connectivity index (χ3n) is 5.81. The molecule has 162 valence electrons. The van der Waals surface area contributed by atoms with Crippen LogP contribution in [0.4, 0.5) is 10.1 Å². The van der Waals surface area contributed by atoms with Gasteiger partial charge in [0.05, 0.1) is 12.1 Å². The van der Waals surface area contributed by atoms with Gasteiger partial charge in [0.2, 0.25) is 5.91 Å².